The molecule has 0 bridgehead atoms. The molecule has 2 amide bonds. The summed E-state index contributed by atoms with van der Waals surface area (Å²) in [6.45, 7) is 7.11. The molecule has 30 heavy (non-hydrogen) atoms. The molecule has 0 atom stereocenters. The van der Waals surface area contributed by atoms with Gasteiger partial charge in [0.25, 0.3) is 0 Å². The van der Waals surface area contributed by atoms with E-state index in [1.54, 1.807) is 7.11 Å². The molecule has 2 saturated heterocycles. The number of carbonyl (C=O) groups excluding carboxylic acids is 2. The van der Waals surface area contributed by atoms with E-state index in [0.717, 1.165) is 55.9 Å². The predicted molar refractivity (Wildman–Crippen MR) is 116 cm³/mol. The zero-order valence-electron chi connectivity index (χ0n) is 17.9. The van der Waals surface area contributed by atoms with E-state index >= 15 is 0 Å². The molecule has 8 nitrogen and oxygen atoms in total. The highest BCUT2D eigenvalue weighted by Crippen LogP contribution is 2.22. The van der Waals surface area contributed by atoms with E-state index in [4.69, 9.17) is 4.74 Å². The fourth-order valence-electron chi connectivity index (χ4n) is 4.19. The Bertz CT molecular complexity index is 895. The van der Waals surface area contributed by atoms with Gasteiger partial charge in [-0.05, 0) is 31.3 Å². The molecule has 0 N–H and O–H groups in total. The van der Waals surface area contributed by atoms with Gasteiger partial charge in [-0.3, -0.25) is 14.5 Å². The molecule has 2 aliphatic heterocycles. The van der Waals surface area contributed by atoms with Crippen molar-refractivity contribution < 1.29 is 14.3 Å². The van der Waals surface area contributed by atoms with Crippen LogP contribution in [0.15, 0.2) is 30.5 Å². The molecule has 2 fully saturated rings. The number of likely N-dealkylation sites (N-methyl/N-ethyl adjacent to an activating group) is 1. The number of amides is 2. The van der Waals surface area contributed by atoms with Gasteiger partial charge in [-0.2, -0.15) is 0 Å². The van der Waals surface area contributed by atoms with Crippen LogP contribution < -0.4 is 4.74 Å². The zero-order valence-corrected chi connectivity index (χ0v) is 17.9. The van der Waals surface area contributed by atoms with Crippen LogP contribution in [0, 0.1) is 0 Å². The number of methoxy groups -OCH3 is 1. The van der Waals surface area contributed by atoms with Crippen LogP contribution >= 0.6 is 0 Å². The van der Waals surface area contributed by atoms with Gasteiger partial charge < -0.3 is 24.0 Å². The Kier molecular flexibility index (Phi) is 6.24. The largest absolute Gasteiger partial charge is 0.497 e. The third-order valence-corrected chi connectivity index (χ3v) is 6.22. The van der Waals surface area contributed by atoms with Gasteiger partial charge in [-0.1, -0.05) is 0 Å². The number of carbonyl (C=O) groups is 2. The number of aromatic nitrogens is 1. The molecule has 3 heterocycles. The van der Waals surface area contributed by atoms with Crippen molar-refractivity contribution in [2.75, 3.05) is 73.1 Å². The highest BCUT2D eigenvalue weighted by atomic mass is 16.5. The number of hydrogen-bond donors (Lipinski definition) is 0. The number of hydrogen-bond acceptors (Lipinski definition) is 5. The molecule has 1 aromatic heterocycles. The Balaban J connectivity index is 1.27. The van der Waals surface area contributed by atoms with Crippen LogP contribution in [-0.2, 0) is 16.1 Å². The molecular weight excluding hydrogens is 382 g/mol. The van der Waals surface area contributed by atoms with Crippen LogP contribution in [0.2, 0.25) is 0 Å². The molecule has 8 heteroatoms. The molecular formula is C22H31N5O3. The Morgan fingerprint density at radius 2 is 1.50 bits per heavy atom. The molecule has 0 aliphatic carbocycles. The summed E-state index contributed by atoms with van der Waals surface area (Å²) in [5.41, 5.74) is 1.03. The first-order chi connectivity index (χ1) is 14.5. The maximum absolute atomic E-state index is 12.8. The van der Waals surface area contributed by atoms with Crippen LogP contribution in [0.1, 0.15) is 0 Å². The number of ether oxygens (including phenoxy) is 1. The van der Waals surface area contributed by atoms with Crippen LogP contribution in [0.5, 0.6) is 5.75 Å². The van der Waals surface area contributed by atoms with Gasteiger partial charge in [0.1, 0.15) is 12.3 Å². The minimum atomic E-state index is 0.119. The standard InChI is InChI=1S/C22H31N5O3/c1-23-7-11-25(12-8-23)21(28)16-24-9-13-26(14-10-24)22(29)17-27-6-5-18-15-19(30-2)3-4-20(18)27/h3-6,15H,7-14,16-17H2,1-2H3. The van der Waals surface area contributed by atoms with Gasteiger partial charge in [-0.15, -0.1) is 0 Å². The third kappa shape index (κ3) is 4.60. The molecule has 2 aliphatic rings. The lowest BCUT2D eigenvalue weighted by atomic mass is 10.2. The molecule has 2 aromatic rings. The maximum atomic E-state index is 12.8. The van der Waals surface area contributed by atoms with Crippen molar-refractivity contribution in [2.45, 2.75) is 6.54 Å². The number of benzene rings is 1. The Morgan fingerprint density at radius 3 is 2.17 bits per heavy atom. The first kappa shape index (κ1) is 20.7. The molecule has 162 valence electrons. The second-order valence-electron chi connectivity index (χ2n) is 8.21. The normalized spacial score (nSPS) is 18.7. The monoisotopic (exact) mass is 413 g/mol. The van der Waals surface area contributed by atoms with E-state index in [2.05, 4.69) is 16.8 Å². The van der Waals surface area contributed by atoms with E-state index in [9.17, 15) is 9.59 Å². The van der Waals surface area contributed by atoms with Crippen molar-refractivity contribution >= 4 is 22.7 Å². The van der Waals surface area contributed by atoms with Crippen molar-refractivity contribution in [1.82, 2.24) is 24.2 Å². The Morgan fingerprint density at radius 1 is 0.867 bits per heavy atom. The topological polar surface area (TPSA) is 61.3 Å². The molecule has 0 radical (unpaired) electrons. The van der Waals surface area contributed by atoms with Gasteiger partial charge in [0.15, 0.2) is 0 Å². The lowest BCUT2D eigenvalue weighted by molar-refractivity contribution is -0.136. The summed E-state index contributed by atoms with van der Waals surface area (Å²) in [4.78, 5) is 33.7. The minimum absolute atomic E-state index is 0.119. The van der Waals surface area contributed by atoms with Crippen molar-refractivity contribution in [1.29, 1.82) is 0 Å². The van der Waals surface area contributed by atoms with Crippen LogP contribution in [-0.4, -0.2) is 109 Å². The lowest BCUT2D eigenvalue weighted by Gasteiger charge is -2.37. The van der Waals surface area contributed by atoms with E-state index < -0.39 is 0 Å². The van der Waals surface area contributed by atoms with Crippen molar-refractivity contribution in [3.63, 3.8) is 0 Å². The average molecular weight is 414 g/mol. The highest BCUT2D eigenvalue weighted by molar-refractivity contribution is 5.84. The molecule has 0 saturated carbocycles. The number of rotatable bonds is 5. The van der Waals surface area contributed by atoms with Gasteiger partial charge in [0.2, 0.25) is 11.8 Å². The summed E-state index contributed by atoms with van der Waals surface area (Å²) >= 11 is 0. The van der Waals surface area contributed by atoms with E-state index in [1.807, 2.05) is 44.8 Å². The molecule has 0 spiro atoms. The Labute approximate surface area is 177 Å². The fraction of sp³-hybridized carbons (Fsp3) is 0.545. The van der Waals surface area contributed by atoms with Crippen molar-refractivity contribution in [3.8, 4) is 5.75 Å². The fourth-order valence-corrected chi connectivity index (χ4v) is 4.19. The lowest BCUT2D eigenvalue weighted by Crippen LogP contribution is -2.54. The average Bonchev–Trinajstić information content (AvgIpc) is 3.16. The molecule has 1 aromatic carbocycles. The van der Waals surface area contributed by atoms with Gasteiger partial charge in [0, 0.05) is 69.5 Å². The molecule has 4 rings (SSSR count). The van der Waals surface area contributed by atoms with E-state index in [0.29, 0.717) is 26.2 Å². The second-order valence-corrected chi connectivity index (χ2v) is 8.21. The van der Waals surface area contributed by atoms with Gasteiger partial charge in [-0.25, -0.2) is 0 Å². The maximum Gasteiger partial charge on any atom is 0.242 e. The predicted octanol–water partition coefficient (Wildman–Crippen LogP) is 0.568. The first-order valence-electron chi connectivity index (χ1n) is 10.6. The smallest absolute Gasteiger partial charge is 0.242 e. The van der Waals surface area contributed by atoms with E-state index in [-0.39, 0.29) is 11.8 Å². The third-order valence-electron chi connectivity index (χ3n) is 6.22. The van der Waals surface area contributed by atoms with Crippen molar-refractivity contribution in [2.24, 2.45) is 0 Å². The SMILES string of the molecule is COc1ccc2c(ccn2CC(=O)N2CCN(CC(=O)N3CCN(C)CC3)CC2)c1. The summed E-state index contributed by atoms with van der Waals surface area (Å²) in [6, 6.07) is 7.89. The second kappa shape index (κ2) is 9.06. The van der Waals surface area contributed by atoms with Crippen LogP contribution in [0.4, 0.5) is 0 Å². The highest BCUT2D eigenvalue weighted by Gasteiger charge is 2.25. The summed E-state index contributed by atoms with van der Waals surface area (Å²) in [5, 5.41) is 1.06. The summed E-state index contributed by atoms with van der Waals surface area (Å²) in [6.07, 6.45) is 1.95. The first-order valence-corrected chi connectivity index (χ1v) is 10.6. The quantitative estimate of drug-likeness (QED) is 0.717. The number of piperazine rings is 2. The van der Waals surface area contributed by atoms with Gasteiger partial charge >= 0.3 is 0 Å². The van der Waals surface area contributed by atoms with Gasteiger partial charge in [0.05, 0.1) is 13.7 Å². The van der Waals surface area contributed by atoms with Crippen LogP contribution in [0.3, 0.4) is 0 Å². The minimum Gasteiger partial charge on any atom is -0.497 e. The number of nitrogens with zero attached hydrogens (tertiary/aromatic N) is 5. The zero-order chi connectivity index (χ0) is 21.1. The van der Waals surface area contributed by atoms with Crippen molar-refractivity contribution in [3.05, 3.63) is 30.5 Å². The van der Waals surface area contributed by atoms with Crippen LogP contribution in [0.25, 0.3) is 10.9 Å². The Hall–Kier alpha value is -2.58. The molecule has 0 unspecified atom stereocenters. The van der Waals surface area contributed by atoms with E-state index in [1.165, 1.54) is 0 Å². The summed E-state index contributed by atoms with van der Waals surface area (Å²) in [5.74, 6) is 1.14. The summed E-state index contributed by atoms with van der Waals surface area (Å²) in [7, 11) is 3.74. The number of fused-ring (bicyclic) bond motifs is 1. The summed E-state index contributed by atoms with van der Waals surface area (Å²) < 4.78 is 7.26.